The van der Waals surface area contributed by atoms with Crippen LogP contribution in [0.3, 0.4) is 0 Å². The number of carbonyl (C=O) groups excluding carboxylic acids is 3. The lowest BCUT2D eigenvalue weighted by Gasteiger charge is -2.36. The van der Waals surface area contributed by atoms with E-state index >= 15 is 0 Å². The Balaban J connectivity index is 1.57. The second kappa shape index (κ2) is 8.04. The van der Waals surface area contributed by atoms with Crippen LogP contribution in [0.25, 0.3) is 0 Å². The molecule has 3 saturated heterocycles. The highest BCUT2D eigenvalue weighted by atomic mass is 19.4. The molecular formula is C17H24F3N3O4. The van der Waals surface area contributed by atoms with Gasteiger partial charge in [-0.1, -0.05) is 0 Å². The summed E-state index contributed by atoms with van der Waals surface area (Å²) in [6.07, 6.45) is -3.17. The zero-order valence-electron chi connectivity index (χ0n) is 15.0. The molecule has 0 unspecified atom stereocenters. The fourth-order valence-corrected chi connectivity index (χ4v) is 4.03. The Labute approximate surface area is 155 Å². The minimum atomic E-state index is -4.89. The summed E-state index contributed by atoms with van der Waals surface area (Å²) in [5.41, 5.74) is 0. The molecule has 0 N–H and O–H groups in total. The lowest BCUT2D eigenvalue weighted by molar-refractivity contribution is -0.187. The van der Waals surface area contributed by atoms with Gasteiger partial charge in [-0.05, 0) is 25.7 Å². The van der Waals surface area contributed by atoms with E-state index in [0.29, 0.717) is 39.3 Å². The molecule has 3 aliphatic rings. The maximum absolute atomic E-state index is 12.9. The molecule has 3 amide bonds. The zero-order valence-corrected chi connectivity index (χ0v) is 15.0. The topological polar surface area (TPSA) is 70.2 Å². The van der Waals surface area contributed by atoms with Crippen LogP contribution in [0, 0.1) is 5.92 Å². The van der Waals surface area contributed by atoms with E-state index in [1.807, 2.05) is 0 Å². The summed E-state index contributed by atoms with van der Waals surface area (Å²) in [6.45, 7) is 2.29. The van der Waals surface area contributed by atoms with E-state index in [0.717, 1.165) is 11.3 Å². The van der Waals surface area contributed by atoms with E-state index in [4.69, 9.17) is 4.74 Å². The number of carbonyl (C=O) groups is 3. The molecule has 0 radical (unpaired) electrons. The summed E-state index contributed by atoms with van der Waals surface area (Å²) < 4.78 is 42.9. The monoisotopic (exact) mass is 391 g/mol. The third kappa shape index (κ3) is 4.36. The molecule has 3 heterocycles. The highest BCUT2D eigenvalue weighted by Crippen LogP contribution is 2.28. The molecule has 0 aliphatic carbocycles. The van der Waals surface area contributed by atoms with Crippen molar-refractivity contribution in [2.45, 2.75) is 37.9 Å². The molecule has 3 fully saturated rings. The zero-order chi connectivity index (χ0) is 19.6. The lowest BCUT2D eigenvalue weighted by atomic mass is 9.94. The van der Waals surface area contributed by atoms with Crippen LogP contribution >= 0.6 is 0 Å². The van der Waals surface area contributed by atoms with Crippen molar-refractivity contribution in [3.8, 4) is 0 Å². The van der Waals surface area contributed by atoms with Crippen LogP contribution in [-0.4, -0.2) is 90.6 Å². The number of halogens is 3. The molecule has 7 nitrogen and oxygen atoms in total. The highest BCUT2D eigenvalue weighted by molar-refractivity contribution is 5.89. The van der Waals surface area contributed by atoms with E-state index in [1.165, 1.54) is 0 Å². The van der Waals surface area contributed by atoms with Gasteiger partial charge in [0.1, 0.15) is 6.04 Å². The van der Waals surface area contributed by atoms with Gasteiger partial charge >= 0.3 is 12.1 Å². The SMILES string of the molecule is O=C([C@H]1CCCN1C(=O)C1CCN(C(=O)C(F)(F)F)CC1)N1CCOCC1. The van der Waals surface area contributed by atoms with Gasteiger partial charge in [-0.3, -0.25) is 14.4 Å². The van der Waals surface area contributed by atoms with E-state index < -0.39 is 24.0 Å². The number of ether oxygens (including phenoxy) is 1. The van der Waals surface area contributed by atoms with E-state index in [2.05, 4.69) is 0 Å². The first-order chi connectivity index (χ1) is 12.8. The van der Waals surface area contributed by atoms with Gasteiger partial charge in [0, 0.05) is 38.6 Å². The van der Waals surface area contributed by atoms with Gasteiger partial charge in [0.15, 0.2) is 0 Å². The van der Waals surface area contributed by atoms with Crippen molar-refractivity contribution in [3.63, 3.8) is 0 Å². The van der Waals surface area contributed by atoms with Gasteiger partial charge in [-0.25, -0.2) is 0 Å². The molecule has 152 valence electrons. The quantitative estimate of drug-likeness (QED) is 0.693. The molecule has 1 atom stereocenters. The Hall–Kier alpha value is -1.84. The number of rotatable bonds is 2. The van der Waals surface area contributed by atoms with Crippen molar-refractivity contribution in [1.29, 1.82) is 0 Å². The molecule has 27 heavy (non-hydrogen) atoms. The number of morpholine rings is 1. The van der Waals surface area contributed by atoms with Crippen LogP contribution in [0.15, 0.2) is 0 Å². The van der Waals surface area contributed by atoms with Gasteiger partial charge < -0.3 is 19.4 Å². The van der Waals surface area contributed by atoms with Crippen molar-refractivity contribution in [3.05, 3.63) is 0 Å². The average Bonchev–Trinajstić information content (AvgIpc) is 3.16. The molecule has 3 rings (SSSR count). The van der Waals surface area contributed by atoms with Gasteiger partial charge in [0.2, 0.25) is 11.8 Å². The van der Waals surface area contributed by atoms with Crippen LogP contribution in [0.1, 0.15) is 25.7 Å². The van der Waals surface area contributed by atoms with E-state index in [9.17, 15) is 27.6 Å². The van der Waals surface area contributed by atoms with Crippen molar-refractivity contribution in [1.82, 2.24) is 14.7 Å². The van der Waals surface area contributed by atoms with Crippen LogP contribution in [0.4, 0.5) is 13.2 Å². The number of likely N-dealkylation sites (tertiary alicyclic amines) is 2. The standard InChI is InChI=1S/C17H24F3N3O4/c18-17(19,20)16(26)22-6-3-12(4-7-22)14(24)23-5-1-2-13(23)15(25)21-8-10-27-11-9-21/h12-13H,1-11H2/t13-/m1/s1. The second-order valence-electron chi connectivity index (χ2n) is 7.19. The van der Waals surface area contributed by atoms with Gasteiger partial charge in [-0.15, -0.1) is 0 Å². The first-order valence-corrected chi connectivity index (χ1v) is 9.32. The largest absolute Gasteiger partial charge is 0.471 e. The first kappa shape index (κ1) is 19.9. The van der Waals surface area contributed by atoms with E-state index in [-0.39, 0.29) is 37.7 Å². The predicted octanol–water partition coefficient (Wildman–Crippen LogP) is 0.637. The smallest absolute Gasteiger partial charge is 0.378 e. The Morgan fingerprint density at radius 1 is 0.815 bits per heavy atom. The van der Waals surface area contributed by atoms with E-state index in [1.54, 1.807) is 9.80 Å². The van der Waals surface area contributed by atoms with Crippen molar-refractivity contribution in [2.75, 3.05) is 45.9 Å². The van der Waals surface area contributed by atoms with Crippen molar-refractivity contribution >= 4 is 17.7 Å². The van der Waals surface area contributed by atoms with Crippen molar-refractivity contribution < 1.29 is 32.3 Å². The molecule has 0 aromatic rings. The molecule has 3 aliphatic heterocycles. The summed E-state index contributed by atoms with van der Waals surface area (Å²) in [5.74, 6) is -2.55. The Morgan fingerprint density at radius 3 is 2.04 bits per heavy atom. The fourth-order valence-electron chi connectivity index (χ4n) is 4.03. The fraction of sp³-hybridized carbons (Fsp3) is 0.824. The normalized spacial score (nSPS) is 25.0. The third-order valence-corrected chi connectivity index (χ3v) is 5.52. The first-order valence-electron chi connectivity index (χ1n) is 9.32. The number of amides is 3. The molecule has 10 heteroatoms. The minimum Gasteiger partial charge on any atom is -0.378 e. The number of alkyl halides is 3. The highest BCUT2D eigenvalue weighted by Gasteiger charge is 2.45. The minimum absolute atomic E-state index is 0.0752. The third-order valence-electron chi connectivity index (χ3n) is 5.52. The molecule has 0 spiro atoms. The van der Waals surface area contributed by atoms with Crippen LogP contribution < -0.4 is 0 Å². The second-order valence-corrected chi connectivity index (χ2v) is 7.19. The Kier molecular flexibility index (Phi) is 5.92. The van der Waals surface area contributed by atoms with Crippen LogP contribution in [0.2, 0.25) is 0 Å². The van der Waals surface area contributed by atoms with Crippen LogP contribution in [0.5, 0.6) is 0 Å². The number of hydrogen-bond acceptors (Lipinski definition) is 4. The Morgan fingerprint density at radius 2 is 1.44 bits per heavy atom. The maximum atomic E-state index is 12.9. The summed E-state index contributed by atoms with van der Waals surface area (Å²) in [7, 11) is 0. The van der Waals surface area contributed by atoms with Crippen molar-refractivity contribution in [2.24, 2.45) is 5.92 Å². The summed E-state index contributed by atoms with van der Waals surface area (Å²) >= 11 is 0. The van der Waals surface area contributed by atoms with Gasteiger partial charge in [0.05, 0.1) is 13.2 Å². The number of nitrogens with zero attached hydrogens (tertiary/aromatic N) is 3. The average molecular weight is 391 g/mol. The molecule has 0 aromatic heterocycles. The number of hydrogen-bond donors (Lipinski definition) is 0. The summed E-state index contributed by atoms with van der Waals surface area (Å²) in [4.78, 5) is 41.0. The lowest BCUT2D eigenvalue weighted by Crippen LogP contribution is -2.53. The van der Waals surface area contributed by atoms with Gasteiger partial charge in [0.25, 0.3) is 0 Å². The molecule has 0 aromatic carbocycles. The van der Waals surface area contributed by atoms with Gasteiger partial charge in [-0.2, -0.15) is 13.2 Å². The summed E-state index contributed by atoms with van der Waals surface area (Å²) in [5, 5.41) is 0. The Bertz CT molecular complexity index is 584. The maximum Gasteiger partial charge on any atom is 0.471 e. The predicted molar refractivity (Wildman–Crippen MR) is 87.5 cm³/mol. The molecule has 0 bridgehead atoms. The molecule has 0 saturated carbocycles. The van der Waals surface area contributed by atoms with Crippen LogP contribution in [-0.2, 0) is 19.1 Å². The summed E-state index contributed by atoms with van der Waals surface area (Å²) in [6, 6.07) is -0.495. The number of piperidine rings is 1. The molecular weight excluding hydrogens is 367 g/mol.